The number of nitrogens with one attached hydrogen (secondary N) is 2. The van der Waals surface area contributed by atoms with Crippen molar-refractivity contribution < 1.29 is 4.79 Å². The lowest BCUT2D eigenvalue weighted by molar-refractivity contribution is 0.102. The van der Waals surface area contributed by atoms with Gasteiger partial charge in [-0.1, -0.05) is 37.0 Å². The number of anilines is 2. The van der Waals surface area contributed by atoms with Crippen LogP contribution < -0.4 is 10.6 Å². The number of nitrogens with zero attached hydrogens (tertiary/aromatic N) is 2. The van der Waals surface area contributed by atoms with Gasteiger partial charge in [-0.2, -0.15) is 0 Å². The molecule has 0 spiro atoms. The van der Waals surface area contributed by atoms with Gasteiger partial charge in [-0.05, 0) is 42.7 Å². The third-order valence-corrected chi connectivity index (χ3v) is 3.84. The second-order valence-corrected chi connectivity index (χ2v) is 6.31. The van der Waals surface area contributed by atoms with Crippen molar-refractivity contribution in [3.8, 4) is 0 Å². The van der Waals surface area contributed by atoms with E-state index in [2.05, 4.69) is 34.7 Å². The first kappa shape index (κ1) is 17.5. The van der Waals surface area contributed by atoms with Gasteiger partial charge < -0.3 is 10.6 Å². The molecule has 0 saturated carbocycles. The highest BCUT2D eigenvalue weighted by Crippen LogP contribution is 2.25. The van der Waals surface area contributed by atoms with E-state index in [0.29, 0.717) is 27.5 Å². The van der Waals surface area contributed by atoms with E-state index in [-0.39, 0.29) is 11.6 Å². The van der Waals surface area contributed by atoms with Gasteiger partial charge in [-0.15, -0.1) is 10.2 Å². The molecule has 0 radical (unpaired) electrons. The van der Waals surface area contributed by atoms with Gasteiger partial charge >= 0.3 is 0 Å². The van der Waals surface area contributed by atoms with Crippen LogP contribution in [0.4, 0.5) is 11.5 Å². The number of benzene rings is 1. The fraction of sp³-hybridized carbons (Fsp3) is 0.312. The zero-order valence-electron chi connectivity index (χ0n) is 12.9. The molecule has 2 rings (SSSR count). The number of aromatic nitrogens is 2. The zero-order valence-corrected chi connectivity index (χ0v) is 14.4. The van der Waals surface area contributed by atoms with Crippen LogP contribution in [0.3, 0.4) is 0 Å². The van der Waals surface area contributed by atoms with E-state index >= 15 is 0 Å². The first-order chi connectivity index (χ1) is 11.0. The summed E-state index contributed by atoms with van der Waals surface area (Å²) < 4.78 is 0. The van der Waals surface area contributed by atoms with Crippen molar-refractivity contribution in [2.75, 3.05) is 17.2 Å². The van der Waals surface area contributed by atoms with Crippen LogP contribution in [-0.4, -0.2) is 22.6 Å². The number of amides is 1. The van der Waals surface area contributed by atoms with Gasteiger partial charge in [0.05, 0.1) is 10.0 Å². The smallest absolute Gasteiger partial charge is 0.276 e. The Hall–Kier alpha value is -1.85. The summed E-state index contributed by atoms with van der Waals surface area (Å²) in [4.78, 5) is 12.1. The second kappa shape index (κ2) is 8.13. The van der Waals surface area contributed by atoms with E-state index in [0.717, 1.165) is 13.0 Å². The molecule has 122 valence electrons. The Balaban J connectivity index is 1.95. The standard InChI is InChI=1S/C16H18Cl2N4O/c1-10(2)7-8-19-15-6-5-14(21-22-15)16(23)20-11-3-4-12(17)13(18)9-11/h3-6,9-10H,7-8H2,1-2H3,(H,19,22)(H,20,23). The van der Waals surface area contributed by atoms with Crippen molar-refractivity contribution in [2.45, 2.75) is 20.3 Å². The van der Waals surface area contributed by atoms with Crippen molar-refractivity contribution in [2.24, 2.45) is 5.92 Å². The number of carbonyl (C=O) groups is 1. The van der Waals surface area contributed by atoms with Crippen LogP contribution >= 0.6 is 23.2 Å². The second-order valence-electron chi connectivity index (χ2n) is 5.50. The Labute approximate surface area is 145 Å². The Bertz CT molecular complexity index is 674. The monoisotopic (exact) mass is 352 g/mol. The lowest BCUT2D eigenvalue weighted by Gasteiger charge is -2.08. The van der Waals surface area contributed by atoms with Crippen molar-refractivity contribution in [1.82, 2.24) is 10.2 Å². The Morgan fingerprint density at radius 1 is 1.13 bits per heavy atom. The van der Waals surface area contributed by atoms with Crippen LogP contribution in [0.5, 0.6) is 0 Å². The fourth-order valence-corrected chi connectivity index (χ4v) is 2.10. The van der Waals surface area contributed by atoms with Crippen molar-refractivity contribution in [1.29, 1.82) is 0 Å². The summed E-state index contributed by atoms with van der Waals surface area (Å²) in [6.45, 7) is 5.13. The molecule has 23 heavy (non-hydrogen) atoms. The Morgan fingerprint density at radius 3 is 2.52 bits per heavy atom. The highest BCUT2D eigenvalue weighted by Gasteiger charge is 2.09. The molecule has 1 aromatic heterocycles. The Kier molecular flexibility index (Phi) is 6.19. The number of rotatable bonds is 6. The van der Waals surface area contributed by atoms with E-state index in [1.807, 2.05) is 0 Å². The molecule has 0 aliphatic rings. The minimum atomic E-state index is -0.357. The zero-order chi connectivity index (χ0) is 16.8. The molecule has 0 aliphatic carbocycles. The minimum absolute atomic E-state index is 0.227. The summed E-state index contributed by atoms with van der Waals surface area (Å²) in [5.74, 6) is 0.910. The predicted octanol–water partition coefficient (Wildman–Crippen LogP) is 4.49. The van der Waals surface area contributed by atoms with E-state index < -0.39 is 0 Å². The summed E-state index contributed by atoms with van der Waals surface area (Å²) in [5, 5.41) is 14.6. The molecule has 0 atom stereocenters. The van der Waals surface area contributed by atoms with Crippen LogP contribution in [0.1, 0.15) is 30.8 Å². The minimum Gasteiger partial charge on any atom is -0.369 e. The molecule has 2 aromatic rings. The first-order valence-electron chi connectivity index (χ1n) is 7.29. The summed E-state index contributed by atoms with van der Waals surface area (Å²) in [6, 6.07) is 8.22. The van der Waals surface area contributed by atoms with E-state index in [4.69, 9.17) is 23.2 Å². The average Bonchev–Trinajstić information content (AvgIpc) is 2.51. The summed E-state index contributed by atoms with van der Waals surface area (Å²) in [5.41, 5.74) is 0.774. The SMILES string of the molecule is CC(C)CCNc1ccc(C(=O)Nc2ccc(Cl)c(Cl)c2)nn1. The molecule has 0 aliphatic heterocycles. The van der Waals surface area contributed by atoms with Gasteiger partial charge in [0.25, 0.3) is 5.91 Å². The molecule has 0 fully saturated rings. The topological polar surface area (TPSA) is 66.9 Å². The third-order valence-electron chi connectivity index (χ3n) is 3.10. The van der Waals surface area contributed by atoms with E-state index in [9.17, 15) is 4.79 Å². The number of halogens is 2. The third kappa shape index (κ3) is 5.37. The lowest BCUT2D eigenvalue weighted by atomic mass is 10.1. The van der Waals surface area contributed by atoms with Crippen LogP contribution in [0.25, 0.3) is 0 Å². The van der Waals surface area contributed by atoms with Gasteiger partial charge in [0.15, 0.2) is 5.69 Å². The number of hydrogen-bond donors (Lipinski definition) is 2. The predicted molar refractivity (Wildman–Crippen MR) is 94.4 cm³/mol. The van der Waals surface area contributed by atoms with E-state index in [1.165, 1.54) is 0 Å². The maximum Gasteiger partial charge on any atom is 0.276 e. The number of carbonyl (C=O) groups excluding carboxylic acids is 1. The highest BCUT2D eigenvalue weighted by molar-refractivity contribution is 6.42. The first-order valence-corrected chi connectivity index (χ1v) is 8.05. The largest absolute Gasteiger partial charge is 0.369 e. The normalized spacial score (nSPS) is 10.7. The molecule has 0 bridgehead atoms. The van der Waals surface area contributed by atoms with Crippen LogP contribution in [0, 0.1) is 5.92 Å². The van der Waals surface area contributed by atoms with Crippen molar-refractivity contribution >= 4 is 40.6 Å². The van der Waals surface area contributed by atoms with Crippen molar-refractivity contribution in [3.05, 3.63) is 46.1 Å². The summed E-state index contributed by atoms with van der Waals surface area (Å²) in [6.07, 6.45) is 1.04. The van der Waals surface area contributed by atoms with Crippen LogP contribution in [0.2, 0.25) is 10.0 Å². The van der Waals surface area contributed by atoms with Crippen molar-refractivity contribution in [3.63, 3.8) is 0 Å². The maximum absolute atomic E-state index is 12.1. The molecule has 5 nitrogen and oxygen atoms in total. The molecular formula is C16H18Cl2N4O. The quantitative estimate of drug-likeness (QED) is 0.803. The lowest BCUT2D eigenvalue weighted by Crippen LogP contribution is -2.15. The highest BCUT2D eigenvalue weighted by atomic mass is 35.5. The molecule has 0 unspecified atom stereocenters. The van der Waals surface area contributed by atoms with Gasteiger partial charge in [-0.25, -0.2) is 0 Å². The Morgan fingerprint density at radius 2 is 1.91 bits per heavy atom. The molecule has 1 aromatic carbocycles. The van der Waals surface area contributed by atoms with Gasteiger partial charge in [0.1, 0.15) is 5.82 Å². The van der Waals surface area contributed by atoms with E-state index in [1.54, 1.807) is 30.3 Å². The molecule has 7 heteroatoms. The summed E-state index contributed by atoms with van der Waals surface area (Å²) >= 11 is 11.8. The van der Waals surface area contributed by atoms with Gasteiger partial charge in [0, 0.05) is 12.2 Å². The molecule has 1 amide bonds. The molecule has 0 saturated heterocycles. The van der Waals surface area contributed by atoms with Gasteiger partial charge in [-0.3, -0.25) is 4.79 Å². The van der Waals surface area contributed by atoms with Gasteiger partial charge in [0.2, 0.25) is 0 Å². The fourth-order valence-electron chi connectivity index (χ4n) is 1.81. The maximum atomic E-state index is 12.1. The van der Waals surface area contributed by atoms with Crippen LogP contribution in [0.15, 0.2) is 30.3 Å². The van der Waals surface area contributed by atoms with Crippen LogP contribution in [-0.2, 0) is 0 Å². The average molecular weight is 353 g/mol. The molecule has 2 N–H and O–H groups in total. The molecular weight excluding hydrogens is 335 g/mol. The number of hydrogen-bond acceptors (Lipinski definition) is 4. The summed E-state index contributed by atoms with van der Waals surface area (Å²) in [7, 11) is 0. The molecule has 1 heterocycles.